The van der Waals surface area contributed by atoms with Gasteiger partial charge in [-0.15, -0.1) is 15.0 Å². The molecular weight excluding hydrogens is 498 g/mol. The third-order valence-corrected chi connectivity index (χ3v) is 7.50. The molecule has 0 saturated carbocycles. The van der Waals surface area contributed by atoms with Crippen molar-refractivity contribution >= 4 is 10.0 Å². The van der Waals surface area contributed by atoms with Crippen LogP contribution in [0.4, 0.5) is 0 Å². The van der Waals surface area contributed by atoms with Crippen LogP contribution in [0.3, 0.4) is 0 Å². The van der Waals surface area contributed by atoms with Gasteiger partial charge in [0.25, 0.3) is 10.0 Å². The van der Waals surface area contributed by atoms with Gasteiger partial charge in [-0.05, 0) is 49.7 Å². The molecule has 0 aliphatic carbocycles. The smallest absolute Gasteiger partial charge is 0.268 e. The van der Waals surface area contributed by atoms with Gasteiger partial charge in [-0.2, -0.15) is 0 Å². The Kier molecular flexibility index (Phi) is 7.01. The molecule has 0 amide bonds. The lowest BCUT2D eigenvalue weighted by Crippen LogP contribution is -2.31. The largest absolute Gasteiger partial charge is 0.493 e. The maximum absolute atomic E-state index is 13.4. The number of rotatable bonds is 8. The van der Waals surface area contributed by atoms with Crippen LogP contribution in [-0.4, -0.2) is 51.1 Å². The normalized spacial score (nSPS) is 14.1. The third-order valence-electron chi connectivity index (χ3n) is 5.81. The van der Waals surface area contributed by atoms with Gasteiger partial charge in [-0.1, -0.05) is 38.5 Å². The molecule has 0 aliphatic heterocycles. The molecule has 4 rings (SSSR count). The second kappa shape index (κ2) is 9.77. The van der Waals surface area contributed by atoms with Gasteiger partial charge in [-0.3, -0.25) is 0 Å². The molecule has 1 aromatic carbocycles. The Morgan fingerprint density at radius 3 is 2.41 bits per heavy atom. The van der Waals surface area contributed by atoms with E-state index >= 15 is 0 Å². The lowest BCUT2D eigenvalue weighted by Gasteiger charge is -2.27. The SMILES string of the molecule is COc1cc(-c2c(C)ccn2S(=O)(=O)c2ccc(C)cc2)oc1-c1nnn(C(C)OC(O)C(C)(C)C)n1. The monoisotopic (exact) mass is 529 g/mol. The first-order chi connectivity index (χ1) is 17.3. The number of aryl methyl sites for hydroxylation is 2. The van der Waals surface area contributed by atoms with E-state index in [2.05, 4.69) is 15.4 Å². The van der Waals surface area contributed by atoms with Crippen LogP contribution in [0.1, 0.15) is 45.0 Å². The van der Waals surface area contributed by atoms with Crippen LogP contribution in [0.2, 0.25) is 0 Å². The van der Waals surface area contributed by atoms with E-state index in [4.69, 9.17) is 13.9 Å². The highest BCUT2D eigenvalue weighted by atomic mass is 32.2. The summed E-state index contributed by atoms with van der Waals surface area (Å²) in [6.45, 7) is 10.9. The van der Waals surface area contributed by atoms with Crippen LogP contribution in [0.15, 0.2) is 51.9 Å². The van der Waals surface area contributed by atoms with Crippen LogP contribution in [0, 0.1) is 19.3 Å². The van der Waals surface area contributed by atoms with Crippen LogP contribution in [0.5, 0.6) is 5.75 Å². The summed E-state index contributed by atoms with van der Waals surface area (Å²) in [5.74, 6) is 0.847. The lowest BCUT2D eigenvalue weighted by atomic mass is 9.96. The Labute approximate surface area is 215 Å². The summed E-state index contributed by atoms with van der Waals surface area (Å²) in [6.07, 6.45) is -0.272. The summed E-state index contributed by atoms with van der Waals surface area (Å²) in [7, 11) is -2.43. The average Bonchev–Trinajstić information content (AvgIpc) is 3.56. The average molecular weight is 530 g/mol. The molecular formula is C25H31N5O6S. The Morgan fingerprint density at radius 2 is 1.78 bits per heavy atom. The molecule has 1 N–H and O–H groups in total. The first kappa shape index (κ1) is 26.6. The second-order valence-electron chi connectivity index (χ2n) is 9.86. The molecule has 0 radical (unpaired) electrons. The van der Waals surface area contributed by atoms with E-state index < -0.39 is 28.0 Å². The number of methoxy groups -OCH3 is 1. The third kappa shape index (κ3) is 5.17. The summed E-state index contributed by atoms with van der Waals surface area (Å²) in [5.41, 5.74) is 1.50. The molecule has 4 aromatic rings. The molecule has 3 heterocycles. The van der Waals surface area contributed by atoms with Gasteiger partial charge in [0.05, 0.1) is 12.0 Å². The van der Waals surface area contributed by atoms with E-state index in [0.717, 1.165) is 5.56 Å². The van der Waals surface area contributed by atoms with Crippen molar-refractivity contribution < 1.29 is 27.4 Å². The summed E-state index contributed by atoms with van der Waals surface area (Å²) in [6, 6.07) is 9.92. The number of ether oxygens (including phenoxy) is 2. The van der Waals surface area contributed by atoms with E-state index in [0.29, 0.717) is 17.0 Å². The number of hydrogen-bond donors (Lipinski definition) is 1. The van der Waals surface area contributed by atoms with Crippen LogP contribution in [-0.2, 0) is 14.8 Å². The molecule has 0 bridgehead atoms. The van der Waals surface area contributed by atoms with Crippen molar-refractivity contribution in [2.75, 3.05) is 7.11 Å². The van der Waals surface area contributed by atoms with Gasteiger partial charge in [-0.25, -0.2) is 12.4 Å². The zero-order valence-electron chi connectivity index (χ0n) is 21.8. The highest BCUT2D eigenvalue weighted by molar-refractivity contribution is 7.90. The quantitative estimate of drug-likeness (QED) is 0.334. The molecule has 12 heteroatoms. The Morgan fingerprint density at radius 1 is 1.11 bits per heavy atom. The number of nitrogens with zero attached hydrogens (tertiary/aromatic N) is 5. The van der Waals surface area contributed by atoms with Gasteiger partial charge >= 0.3 is 0 Å². The predicted molar refractivity (Wildman–Crippen MR) is 135 cm³/mol. The van der Waals surface area contributed by atoms with Crippen LogP contribution < -0.4 is 4.74 Å². The highest BCUT2D eigenvalue weighted by Gasteiger charge is 2.29. The van der Waals surface area contributed by atoms with Crippen molar-refractivity contribution in [2.45, 2.75) is 59.0 Å². The minimum absolute atomic E-state index is 0.112. The fraction of sp³-hybridized carbons (Fsp3) is 0.400. The minimum Gasteiger partial charge on any atom is -0.493 e. The first-order valence-electron chi connectivity index (χ1n) is 11.6. The Hall–Kier alpha value is -3.48. The van der Waals surface area contributed by atoms with E-state index in [1.165, 1.54) is 22.1 Å². The van der Waals surface area contributed by atoms with Gasteiger partial charge < -0.3 is 19.0 Å². The number of aromatic nitrogens is 5. The molecule has 0 fully saturated rings. The van der Waals surface area contributed by atoms with Gasteiger partial charge in [0, 0.05) is 17.7 Å². The van der Waals surface area contributed by atoms with Crippen LogP contribution >= 0.6 is 0 Å². The molecule has 3 aromatic heterocycles. The molecule has 37 heavy (non-hydrogen) atoms. The van der Waals surface area contributed by atoms with Crippen molar-refractivity contribution in [3.63, 3.8) is 0 Å². The van der Waals surface area contributed by atoms with E-state index in [1.54, 1.807) is 50.2 Å². The maximum atomic E-state index is 13.4. The summed E-state index contributed by atoms with van der Waals surface area (Å²) in [5, 5.41) is 22.6. The topological polar surface area (TPSA) is 134 Å². The minimum atomic E-state index is -3.89. The van der Waals surface area contributed by atoms with Crippen molar-refractivity contribution in [3.05, 3.63) is 53.7 Å². The fourth-order valence-electron chi connectivity index (χ4n) is 3.55. The van der Waals surface area contributed by atoms with Gasteiger partial charge in [0.15, 0.2) is 24.0 Å². The van der Waals surface area contributed by atoms with E-state index in [-0.39, 0.29) is 22.2 Å². The Balaban J connectivity index is 1.71. The molecule has 0 saturated heterocycles. The molecule has 2 unspecified atom stereocenters. The number of benzene rings is 1. The van der Waals surface area contributed by atoms with Crippen molar-refractivity contribution in [1.29, 1.82) is 0 Å². The highest BCUT2D eigenvalue weighted by Crippen LogP contribution is 2.38. The number of tetrazole rings is 1. The number of aliphatic hydroxyl groups excluding tert-OH is 1. The number of furan rings is 1. The van der Waals surface area contributed by atoms with Gasteiger partial charge in [0.2, 0.25) is 11.6 Å². The molecule has 11 nitrogen and oxygen atoms in total. The number of aliphatic hydroxyl groups is 1. The van der Waals surface area contributed by atoms with E-state index in [9.17, 15) is 13.5 Å². The lowest BCUT2D eigenvalue weighted by molar-refractivity contribution is -0.207. The van der Waals surface area contributed by atoms with Crippen molar-refractivity contribution in [1.82, 2.24) is 24.2 Å². The Bertz CT molecular complexity index is 1500. The van der Waals surface area contributed by atoms with E-state index in [1.807, 2.05) is 27.7 Å². The first-order valence-corrected chi connectivity index (χ1v) is 13.1. The summed E-state index contributed by atoms with van der Waals surface area (Å²) in [4.78, 5) is 1.37. The van der Waals surface area contributed by atoms with Crippen LogP contribution in [0.25, 0.3) is 23.0 Å². The second-order valence-corrected chi connectivity index (χ2v) is 11.7. The summed E-state index contributed by atoms with van der Waals surface area (Å²) < 4.78 is 45.2. The maximum Gasteiger partial charge on any atom is 0.268 e. The fourth-order valence-corrected chi connectivity index (χ4v) is 4.95. The molecule has 198 valence electrons. The van der Waals surface area contributed by atoms with Gasteiger partial charge in [0.1, 0.15) is 5.69 Å². The standard InChI is InChI=1S/C25H31N5O6S/c1-15-8-10-18(11-9-15)37(32,33)29-13-12-16(2)21(29)19-14-20(34-7)22(36-19)23-26-28-30(27-23)17(3)35-24(31)25(4,5)6/h8-14,17,24,31H,1-7H3. The predicted octanol–water partition coefficient (Wildman–Crippen LogP) is 4.16. The molecule has 2 atom stereocenters. The summed E-state index contributed by atoms with van der Waals surface area (Å²) >= 11 is 0. The number of hydrogen-bond acceptors (Lipinski definition) is 9. The zero-order chi connectivity index (χ0) is 27.1. The molecule has 0 spiro atoms. The molecule has 0 aliphatic rings. The van der Waals surface area contributed by atoms with Crippen molar-refractivity contribution in [2.24, 2.45) is 5.41 Å². The van der Waals surface area contributed by atoms with Crippen molar-refractivity contribution in [3.8, 4) is 28.8 Å². The zero-order valence-corrected chi connectivity index (χ0v) is 22.6.